The van der Waals surface area contributed by atoms with E-state index in [9.17, 15) is 0 Å². The summed E-state index contributed by atoms with van der Waals surface area (Å²) in [6.07, 6.45) is 0. The first kappa shape index (κ1) is 13.2. The zero-order valence-electron chi connectivity index (χ0n) is 11.4. The van der Waals surface area contributed by atoms with Gasteiger partial charge in [-0.1, -0.05) is 68.8 Å². The molecule has 0 aliphatic heterocycles. The number of benzene rings is 2. The van der Waals surface area contributed by atoms with E-state index in [2.05, 4.69) is 58.0 Å². The van der Waals surface area contributed by atoms with Gasteiger partial charge in [-0.25, -0.2) is 0 Å². The number of halogens is 1. The predicted octanol–water partition coefficient (Wildman–Crippen LogP) is 5.61. The van der Waals surface area contributed by atoms with Gasteiger partial charge < -0.3 is 0 Å². The molecule has 0 N–H and O–H groups in total. The molecule has 18 heavy (non-hydrogen) atoms. The Hall–Kier alpha value is -1.27. The van der Waals surface area contributed by atoms with Gasteiger partial charge in [-0.15, -0.1) is 0 Å². The first-order chi connectivity index (χ1) is 8.41. The Bertz CT molecular complexity index is 542. The summed E-state index contributed by atoms with van der Waals surface area (Å²) in [4.78, 5) is 0. The van der Waals surface area contributed by atoms with Gasteiger partial charge in [0.1, 0.15) is 0 Å². The maximum Gasteiger partial charge on any atom is 0.0487 e. The van der Waals surface area contributed by atoms with E-state index in [0.29, 0.717) is 0 Å². The summed E-state index contributed by atoms with van der Waals surface area (Å²) in [6, 6.07) is 14.6. The molecule has 0 saturated heterocycles. The molecule has 0 saturated carbocycles. The number of rotatable bonds is 1. The smallest absolute Gasteiger partial charge is 0.0487 e. The molecular formula is C17H19Cl. The second-order valence-electron chi connectivity index (χ2n) is 5.73. The van der Waals surface area contributed by atoms with E-state index in [1.54, 1.807) is 0 Å². The molecule has 0 aromatic heterocycles. The monoisotopic (exact) mass is 258 g/mol. The Morgan fingerprint density at radius 1 is 0.889 bits per heavy atom. The molecule has 2 aromatic rings. The molecule has 0 fully saturated rings. The standard InChI is InChI=1S/C17H19Cl/c1-12-8-7-11-15(18)16(12)13-9-5-6-10-14(13)17(2,3)4/h5-11H,1-4H3. The average Bonchev–Trinajstić information content (AvgIpc) is 2.28. The van der Waals surface area contributed by atoms with Gasteiger partial charge in [0, 0.05) is 10.6 Å². The van der Waals surface area contributed by atoms with E-state index in [1.807, 2.05) is 12.1 Å². The first-order valence-corrected chi connectivity index (χ1v) is 6.64. The summed E-state index contributed by atoms with van der Waals surface area (Å²) >= 11 is 6.39. The fourth-order valence-corrected chi connectivity index (χ4v) is 2.65. The molecule has 1 heteroatoms. The lowest BCUT2D eigenvalue weighted by Gasteiger charge is -2.24. The van der Waals surface area contributed by atoms with E-state index in [4.69, 9.17) is 11.6 Å². The molecule has 0 atom stereocenters. The van der Waals surface area contributed by atoms with Crippen LogP contribution in [0.25, 0.3) is 11.1 Å². The molecule has 0 bridgehead atoms. The zero-order valence-corrected chi connectivity index (χ0v) is 12.2. The van der Waals surface area contributed by atoms with Crippen LogP contribution in [0.5, 0.6) is 0 Å². The lowest BCUT2D eigenvalue weighted by atomic mass is 9.81. The maximum absolute atomic E-state index is 6.39. The SMILES string of the molecule is Cc1cccc(Cl)c1-c1ccccc1C(C)(C)C. The zero-order chi connectivity index (χ0) is 13.3. The Morgan fingerprint density at radius 2 is 1.56 bits per heavy atom. The first-order valence-electron chi connectivity index (χ1n) is 6.26. The molecule has 0 aliphatic rings. The van der Waals surface area contributed by atoms with E-state index in [-0.39, 0.29) is 5.41 Å². The molecule has 2 aromatic carbocycles. The minimum Gasteiger partial charge on any atom is -0.0837 e. The van der Waals surface area contributed by atoms with Crippen LogP contribution in [0.3, 0.4) is 0 Å². The quantitative estimate of drug-likeness (QED) is 0.623. The highest BCUT2D eigenvalue weighted by molar-refractivity contribution is 6.33. The van der Waals surface area contributed by atoms with Crippen molar-refractivity contribution in [3.8, 4) is 11.1 Å². The van der Waals surface area contributed by atoms with Crippen LogP contribution in [0, 0.1) is 6.92 Å². The van der Waals surface area contributed by atoms with Crippen molar-refractivity contribution in [3.05, 3.63) is 58.6 Å². The van der Waals surface area contributed by atoms with E-state index in [0.717, 1.165) is 10.6 Å². The van der Waals surface area contributed by atoms with Crippen LogP contribution in [0.15, 0.2) is 42.5 Å². The van der Waals surface area contributed by atoms with Crippen molar-refractivity contribution in [2.24, 2.45) is 0 Å². The second kappa shape index (κ2) is 4.78. The number of hydrogen-bond acceptors (Lipinski definition) is 0. The number of aryl methyl sites for hydroxylation is 1. The topological polar surface area (TPSA) is 0 Å². The lowest BCUT2D eigenvalue weighted by Crippen LogP contribution is -2.12. The summed E-state index contributed by atoms with van der Waals surface area (Å²) in [6.45, 7) is 8.81. The van der Waals surface area contributed by atoms with Gasteiger partial charge in [0.2, 0.25) is 0 Å². The molecule has 0 aliphatic carbocycles. The Labute approximate surface area is 115 Å². The molecule has 0 amide bonds. The van der Waals surface area contributed by atoms with Crippen LogP contribution in [0.4, 0.5) is 0 Å². The van der Waals surface area contributed by atoms with Gasteiger partial charge in [-0.2, -0.15) is 0 Å². The van der Waals surface area contributed by atoms with Crippen molar-refractivity contribution in [1.29, 1.82) is 0 Å². The van der Waals surface area contributed by atoms with Crippen molar-refractivity contribution in [3.63, 3.8) is 0 Å². The average molecular weight is 259 g/mol. The van der Waals surface area contributed by atoms with Gasteiger partial charge in [0.05, 0.1) is 0 Å². The largest absolute Gasteiger partial charge is 0.0837 e. The Balaban J connectivity index is 2.73. The highest BCUT2D eigenvalue weighted by Crippen LogP contribution is 2.37. The second-order valence-corrected chi connectivity index (χ2v) is 6.13. The predicted molar refractivity (Wildman–Crippen MR) is 80.3 cm³/mol. The summed E-state index contributed by atoms with van der Waals surface area (Å²) in [5.74, 6) is 0. The summed E-state index contributed by atoms with van der Waals surface area (Å²) in [5.41, 5.74) is 5.07. The normalized spacial score (nSPS) is 11.6. The van der Waals surface area contributed by atoms with Crippen molar-refractivity contribution in [2.75, 3.05) is 0 Å². The molecular weight excluding hydrogens is 240 g/mol. The van der Waals surface area contributed by atoms with Crippen LogP contribution in [-0.2, 0) is 5.41 Å². The minimum absolute atomic E-state index is 0.113. The molecule has 0 radical (unpaired) electrons. The van der Waals surface area contributed by atoms with Crippen LogP contribution in [0.2, 0.25) is 5.02 Å². The van der Waals surface area contributed by atoms with Gasteiger partial charge >= 0.3 is 0 Å². The van der Waals surface area contributed by atoms with Crippen LogP contribution < -0.4 is 0 Å². The van der Waals surface area contributed by atoms with Gasteiger partial charge in [-0.3, -0.25) is 0 Å². The summed E-state index contributed by atoms with van der Waals surface area (Å²) in [7, 11) is 0. The van der Waals surface area contributed by atoms with Crippen LogP contribution in [-0.4, -0.2) is 0 Å². The lowest BCUT2D eigenvalue weighted by molar-refractivity contribution is 0.592. The van der Waals surface area contributed by atoms with Crippen molar-refractivity contribution in [1.82, 2.24) is 0 Å². The molecule has 0 unspecified atom stereocenters. The van der Waals surface area contributed by atoms with Crippen LogP contribution >= 0.6 is 11.6 Å². The molecule has 2 rings (SSSR count). The van der Waals surface area contributed by atoms with Gasteiger partial charge in [-0.05, 0) is 35.1 Å². The summed E-state index contributed by atoms with van der Waals surface area (Å²) < 4.78 is 0. The van der Waals surface area contributed by atoms with Crippen LogP contribution in [0.1, 0.15) is 31.9 Å². The van der Waals surface area contributed by atoms with E-state index >= 15 is 0 Å². The Kier molecular flexibility index (Phi) is 3.49. The number of hydrogen-bond donors (Lipinski definition) is 0. The highest BCUT2D eigenvalue weighted by Gasteiger charge is 2.20. The van der Waals surface area contributed by atoms with E-state index < -0.39 is 0 Å². The van der Waals surface area contributed by atoms with Crippen molar-refractivity contribution < 1.29 is 0 Å². The van der Waals surface area contributed by atoms with Gasteiger partial charge in [0.15, 0.2) is 0 Å². The minimum atomic E-state index is 0.113. The van der Waals surface area contributed by atoms with Crippen molar-refractivity contribution >= 4 is 11.6 Å². The van der Waals surface area contributed by atoms with Gasteiger partial charge in [0.25, 0.3) is 0 Å². The third-order valence-corrected chi connectivity index (χ3v) is 3.54. The molecule has 94 valence electrons. The maximum atomic E-state index is 6.39. The molecule has 0 nitrogen and oxygen atoms in total. The summed E-state index contributed by atoms with van der Waals surface area (Å²) in [5, 5.41) is 0.826. The Morgan fingerprint density at radius 3 is 2.17 bits per heavy atom. The molecule has 0 heterocycles. The fourth-order valence-electron chi connectivity index (χ4n) is 2.33. The van der Waals surface area contributed by atoms with Crippen molar-refractivity contribution in [2.45, 2.75) is 33.1 Å². The fraction of sp³-hybridized carbons (Fsp3) is 0.294. The third kappa shape index (κ3) is 2.44. The van der Waals surface area contributed by atoms with E-state index in [1.165, 1.54) is 16.7 Å². The molecule has 0 spiro atoms. The highest BCUT2D eigenvalue weighted by atomic mass is 35.5. The third-order valence-electron chi connectivity index (χ3n) is 3.23.